The molecule has 6 heteroatoms. The number of fused-ring (bicyclic) bond motifs is 1. The Kier molecular flexibility index (Phi) is 5.25. The first-order chi connectivity index (χ1) is 12.6. The minimum atomic E-state index is 0.251. The van der Waals surface area contributed by atoms with E-state index in [9.17, 15) is 0 Å². The molecule has 6 nitrogen and oxygen atoms in total. The highest BCUT2D eigenvalue weighted by atomic mass is 16.5. The van der Waals surface area contributed by atoms with Gasteiger partial charge >= 0.3 is 0 Å². The van der Waals surface area contributed by atoms with Crippen LogP contribution in [0.15, 0.2) is 24.0 Å². The fourth-order valence-electron chi connectivity index (χ4n) is 4.74. The van der Waals surface area contributed by atoms with Gasteiger partial charge in [0.25, 0.3) is 0 Å². The molecule has 0 amide bonds. The topological polar surface area (TPSA) is 62.3 Å². The number of anilines is 1. The zero-order chi connectivity index (χ0) is 18.1. The van der Waals surface area contributed by atoms with Gasteiger partial charge in [0.2, 0.25) is 0 Å². The Labute approximate surface area is 156 Å². The average molecular weight is 358 g/mol. The number of morpholine rings is 1. The highest BCUT2D eigenvalue weighted by Gasteiger charge is 2.41. The molecule has 0 radical (unpaired) electrons. The van der Waals surface area contributed by atoms with Crippen molar-refractivity contribution in [2.45, 2.75) is 58.2 Å². The number of nitrogens with one attached hydrogen (secondary N) is 2. The van der Waals surface area contributed by atoms with E-state index in [4.69, 9.17) is 4.74 Å². The molecule has 2 N–H and O–H groups in total. The second-order valence-electron chi connectivity index (χ2n) is 8.28. The van der Waals surface area contributed by atoms with Crippen LogP contribution < -0.4 is 15.8 Å². The van der Waals surface area contributed by atoms with Crippen molar-refractivity contribution < 1.29 is 4.74 Å². The van der Waals surface area contributed by atoms with Crippen LogP contribution in [0.5, 0.6) is 0 Å². The molecule has 142 valence electrons. The first kappa shape index (κ1) is 17.9. The van der Waals surface area contributed by atoms with E-state index in [1.165, 1.54) is 24.8 Å². The lowest BCUT2D eigenvalue weighted by atomic mass is 9.75. The molecule has 2 saturated heterocycles. The van der Waals surface area contributed by atoms with Crippen molar-refractivity contribution >= 4 is 5.82 Å². The van der Waals surface area contributed by atoms with E-state index in [2.05, 4.69) is 58.6 Å². The average Bonchev–Trinajstić information content (AvgIpc) is 3.04. The summed E-state index contributed by atoms with van der Waals surface area (Å²) in [5, 5.41) is 0. The number of aromatic nitrogens is 2. The second kappa shape index (κ2) is 7.62. The fraction of sp³-hybridized carbons (Fsp3) is 0.700. The molecule has 1 aromatic heterocycles. The number of hydrazine groups is 1. The molecule has 4 rings (SSSR count). The summed E-state index contributed by atoms with van der Waals surface area (Å²) in [4.78, 5) is 11.5. The van der Waals surface area contributed by atoms with Crippen molar-refractivity contribution in [3.05, 3.63) is 29.7 Å². The van der Waals surface area contributed by atoms with Crippen LogP contribution in [0.2, 0.25) is 0 Å². The van der Waals surface area contributed by atoms with E-state index in [1.54, 1.807) is 6.33 Å². The number of hydrogen-bond donors (Lipinski definition) is 2. The molecule has 2 aliphatic heterocycles. The molecule has 1 aromatic rings. The number of rotatable bonds is 3. The monoisotopic (exact) mass is 357 g/mol. The summed E-state index contributed by atoms with van der Waals surface area (Å²) in [6.07, 6.45) is 8.13. The molecule has 0 spiro atoms. The van der Waals surface area contributed by atoms with Gasteiger partial charge in [-0.3, -0.25) is 5.43 Å². The molecule has 0 aromatic carbocycles. The Balaban J connectivity index is 1.52. The maximum Gasteiger partial charge on any atom is 0.132 e. The van der Waals surface area contributed by atoms with E-state index in [1.807, 2.05) is 0 Å². The van der Waals surface area contributed by atoms with Gasteiger partial charge in [0.1, 0.15) is 12.1 Å². The summed E-state index contributed by atoms with van der Waals surface area (Å²) >= 11 is 0. The molecule has 4 unspecified atom stereocenters. The Morgan fingerprint density at radius 2 is 2.15 bits per heavy atom. The van der Waals surface area contributed by atoms with E-state index in [0.29, 0.717) is 17.9 Å². The van der Waals surface area contributed by atoms with Gasteiger partial charge in [0.15, 0.2) is 0 Å². The van der Waals surface area contributed by atoms with Crippen molar-refractivity contribution in [2.75, 3.05) is 24.6 Å². The molecule has 0 bridgehead atoms. The SMILES string of the molecule is CC(C)=CC1CCC2NNC(c3cc(N4CCO[C@H](C)C4)ncn3)C2C1. The normalized spacial score (nSPS) is 34.4. The Hall–Kier alpha value is -1.50. The largest absolute Gasteiger partial charge is 0.375 e. The molecule has 3 fully saturated rings. The molecule has 1 aliphatic carbocycles. The van der Waals surface area contributed by atoms with Gasteiger partial charge in [0, 0.05) is 25.2 Å². The highest BCUT2D eigenvalue weighted by molar-refractivity contribution is 5.40. The predicted octanol–water partition coefficient (Wildman–Crippen LogP) is 2.60. The molecular weight excluding hydrogens is 326 g/mol. The van der Waals surface area contributed by atoms with E-state index < -0.39 is 0 Å². The predicted molar refractivity (Wildman–Crippen MR) is 103 cm³/mol. The molecule has 3 heterocycles. The van der Waals surface area contributed by atoms with Crippen LogP contribution >= 0.6 is 0 Å². The fourth-order valence-corrected chi connectivity index (χ4v) is 4.74. The quantitative estimate of drug-likeness (QED) is 0.811. The summed E-state index contributed by atoms with van der Waals surface area (Å²) in [5.74, 6) is 2.29. The van der Waals surface area contributed by atoms with Gasteiger partial charge in [0.05, 0.1) is 24.4 Å². The van der Waals surface area contributed by atoms with Crippen LogP contribution in [0.1, 0.15) is 51.8 Å². The molecular formula is C20H31N5O. The van der Waals surface area contributed by atoms with Gasteiger partial charge in [-0.2, -0.15) is 0 Å². The zero-order valence-corrected chi connectivity index (χ0v) is 16.1. The second-order valence-corrected chi connectivity index (χ2v) is 8.28. The maximum atomic E-state index is 5.66. The Morgan fingerprint density at radius 3 is 2.96 bits per heavy atom. The van der Waals surface area contributed by atoms with Crippen molar-refractivity contribution in [1.29, 1.82) is 0 Å². The van der Waals surface area contributed by atoms with E-state index >= 15 is 0 Å². The third-order valence-corrected chi connectivity index (χ3v) is 5.92. The Bertz CT molecular complexity index is 659. The van der Waals surface area contributed by atoms with Gasteiger partial charge in [-0.05, 0) is 51.9 Å². The van der Waals surface area contributed by atoms with Crippen LogP contribution in [-0.2, 0) is 4.74 Å². The van der Waals surface area contributed by atoms with Gasteiger partial charge in [-0.1, -0.05) is 11.6 Å². The summed E-state index contributed by atoms with van der Waals surface area (Å²) < 4.78 is 5.66. The van der Waals surface area contributed by atoms with Crippen molar-refractivity contribution in [3.63, 3.8) is 0 Å². The van der Waals surface area contributed by atoms with E-state index in [-0.39, 0.29) is 12.1 Å². The summed E-state index contributed by atoms with van der Waals surface area (Å²) in [5.41, 5.74) is 9.58. The summed E-state index contributed by atoms with van der Waals surface area (Å²) in [6.45, 7) is 9.07. The van der Waals surface area contributed by atoms with Crippen LogP contribution in [-0.4, -0.2) is 41.8 Å². The number of nitrogens with zero attached hydrogens (tertiary/aromatic N) is 3. The highest BCUT2D eigenvalue weighted by Crippen LogP contribution is 2.40. The third kappa shape index (κ3) is 3.77. The van der Waals surface area contributed by atoms with Crippen LogP contribution in [0.25, 0.3) is 0 Å². The lowest BCUT2D eigenvalue weighted by Gasteiger charge is -2.33. The van der Waals surface area contributed by atoms with Crippen LogP contribution in [0.4, 0.5) is 5.82 Å². The van der Waals surface area contributed by atoms with E-state index in [0.717, 1.165) is 31.2 Å². The first-order valence-corrected chi connectivity index (χ1v) is 9.94. The zero-order valence-electron chi connectivity index (χ0n) is 16.1. The molecule has 3 aliphatic rings. The molecule has 26 heavy (non-hydrogen) atoms. The Morgan fingerprint density at radius 1 is 1.27 bits per heavy atom. The lowest BCUT2D eigenvalue weighted by Crippen LogP contribution is -2.41. The standard InChI is InChI=1S/C20H31N5O/c1-13(2)8-15-4-5-17-16(9-15)20(24-23-17)18-10-19(22-12-21-18)25-6-7-26-14(3)11-25/h8,10,12,14-17,20,23-24H,4-7,9,11H2,1-3H3/t14-,15?,16?,17?,20?/m1/s1. The minimum Gasteiger partial charge on any atom is -0.375 e. The third-order valence-electron chi connectivity index (χ3n) is 5.92. The van der Waals surface area contributed by atoms with Crippen molar-refractivity contribution in [2.24, 2.45) is 11.8 Å². The summed E-state index contributed by atoms with van der Waals surface area (Å²) in [7, 11) is 0. The smallest absolute Gasteiger partial charge is 0.132 e. The van der Waals surface area contributed by atoms with Gasteiger partial charge in [-0.25, -0.2) is 15.4 Å². The number of ether oxygens (including phenoxy) is 1. The van der Waals surface area contributed by atoms with Crippen LogP contribution in [0, 0.1) is 11.8 Å². The summed E-state index contributed by atoms with van der Waals surface area (Å²) in [6, 6.07) is 2.97. The first-order valence-electron chi connectivity index (χ1n) is 9.94. The lowest BCUT2D eigenvalue weighted by molar-refractivity contribution is 0.0529. The van der Waals surface area contributed by atoms with Gasteiger partial charge < -0.3 is 9.64 Å². The molecule has 5 atom stereocenters. The maximum absolute atomic E-state index is 5.66. The number of hydrogen-bond acceptors (Lipinski definition) is 6. The van der Waals surface area contributed by atoms with Crippen molar-refractivity contribution in [1.82, 2.24) is 20.8 Å². The van der Waals surface area contributed by atoms with Crippen molar-refractivity contribution in [3.8, 4) is 0 Å². The minimum absolute atomic E-state index is 0.251. The van der Waals surface area contributed by atoms with Crippen LogP contribution in [0.3, 0.4) is 0 Å². The number of allylic oxidation sites excluding steroid dienone is 2. The molecule has 1 saturated carbocycles. The van der Waals surface area contributed by atoms with Gasteiger partial charge in [-0.15, -0.1) is 0 Å².